The maximum Gasteiger partial charge on any atom is 0.254 e. The third-order valence-corrected chi connectivity index (χ3v) is 3.65. The molecule has 2 aromatic rings. The molecule has 2 aromatic heterocycles. The summed E-state index contributed by atoms with van der Waals surface area (Å²) in [6, 6.07) is 5.36. The van der Waals surface area contributed by atoms with Gasteiger partial charge in [-0.25, -0.2) is 9.37 Å². The number of hydrogen-bond donors (Lipinski definition) is 2. The monoisotopic (exact) mass is 293 g/mol. The Balaban J connectivity index is 1.96. The second-order valence-electron chi connectivity index (χ2n) is 4.14. The number of halogens is 1. The summed E-state index contributed by atoms with van der Waals surface area (Å²) in [5, 5.41) is 7.49. The van der Waals surface area contributed by atoms with Crippen molar-refractivity contribution in [2.24, 2.45) is 0 Å². The van der Waals surface area contributed by atoms with Crippen molar-refractivity contribution in [1.82, 2.24) is 10.3 Å². The van der Waals surface area contributed by atoms with E-state index in [0.717, 1.165) is 6.42 Å². The molecule has 4 nitrogen and oxygen atoms in total. The van der Waals surface area contributed by atoms with Gasteiger partial charge in [0.25, 0.3) is 5.91 Å². The molecule has 2 rings (SSSR count). The summed E-state index contributed by atoms with van der Waals surface area (Å²) in [6.07, 6.45) is 2.17. The number of nitrogens with zero attached hydrogens (tertiary/aromatic N) is 1. The smallest absolute Gasteiger partial charge is 0.254 e. The molecule has 0 saturated carbocycles. The van der Waals surface area contributed by atoms with Crippen LogP contribution in [0.25, 0.3) is 0 Å². The quantitative estimate of drug-likeness (QED) is 0.861. The number of anilines is 1. The van der Waals surface area contributed by atoms with E-state index in [0.29, 0.717) is 13.1 Å². The molecule has 0 radical (unpaired) electrons. The Morgan fingerprint density at radius 3 is 3.00 bits per heavy atom. The van der Waals surface area contributed by atoms with E-state index < -0.39 is 11.7 Å². The normalized spacial score (nSPS) is 10.3. The van der Waals surface area contributed by atoms with Gasteiger partial charge in [0.2, 0.25) is 0 Å². The number of carbonyl (C=O) groups excluding carboxylic acids is 1. The summed E-state index contributed by atoms with van der Waals surface area (Å²) in [4.78, 5) is 17.0. The van der Waals surface area contributed by atoms with Gasteiger partial charge in [0.15, 0.2) is 11.6 Å². The number of rotatable bonds is 6. The molecule has 1 amide bonds. The third kappa shape index (κ3) is 3.54. The van der Waals surface area contributed by atoms with Gasteiger partial charge >= 0.3 is 0 Å². The first-order valence-electron chi connectivity index (χ1n) is 6.41. The van der Waals surface area contributed by atoms with Gasteiger partial charge in [0, 0.05) is 24.2 Å². The van der Waals surface area contributed by atoms with E-state index >= 15 is 0 Å². The minimum atomic E-state index is -0.608. The summed E-state index contributed by atoms with van der Waals surface area (Å²) < 4.78 is 14.0. The van der Waals surface area contributed by atoms with Gasteiger partial charge in [-0.2, -0.15) is 0 Å². The fourth-order valence-corrected chi connectivity index (χ4v) is 2.47. The van der Waals surface area contributed by atoms with Gasteiger partial charge < -0.3 is 10.6 Å². The van der Waals surface area contributed by atoms with E-state index in [-0.39, 0.29) is 11.4 Å². The zero-order valence-electron chi connectivity index (χ0n) is 11.1. The van der Waals surface area contributed by atoms with E-state index in [1.807, 2.05) is 24.4 Å². The van der Waals surface area contributed by atoms with E-state index in [4.69, 9.17) is 0 Å². The molecule has 2 N–H and O–H groups in total. The van der Waals surface area contributed by atoms with Crippen LogP contribution in [-0.4, -0.2) is 24.0 Å². The molecular weight excluding hydrogens is 277 g/mol. The van der Waals surface area contributed by atoms with Gasteiger partial charge in [-0.05, 0) is 30.9 Å². The van der Waals surface area contributed by atoms with Crippen LogP contribution in [0.3, 0.4) is 0 Å². The van der Waals surface area contributed by atoms with E-state index in [1.54, 1.807) is 11.3 Å². The number of carbonyl (C=O) groups is 1. The molecule has 6 heteroatoms. The molecule has 106 valence electrons. The lowest BCUT2D eigenvalue weighted by atomic mass is 10.2. The Morgan fingerprint density at radius 2 is 2.30 bits per heavy atom. The molecule has 0 aliphatic carbocycles. The summed E-state index contributed by atoms with van der Waals surface area (Å²) in [5.74, 6) is -0.915. The number of pyridine rings is 1. The zero-order chi connectivity index (χ0) is 14.4. The van der Waals surface area contributed by atoms with Crippen LogP contribution in [0.4, 0.5) is 10.2 Å². The SMILES string of the molecule is CCNc1nccc(C(=O)NCCc2cccs2)c1F. The predicted octanol–water partition coefficient (Wildman–Crippen LogP) is 2.69. The first-order chi connectivity index (χ1) is 9.72. The minimum Gasteiger partial charge on any atom is -0.368 e. The van der Waals surface area contributed by atoms with Crippen molar-refractivity contribution in [1.29, 1.82) is 0 Å². The van der Waals surface area contributed by atoms with Crippen LogP contribution in [0.2, 0.25) is 0 Å². The standard InChI is InChI=1S/C14H16FN3OS/c1-2-16-13-12(15)11(6-8-17-13)14(19)18-7-5-10-4-3-9-20-10/h3-4,6,8-9H,2,5,7H2,1H3,(H,16,17)(H,18,19). The molecule has 0 bridgehead atoms. The molecule has 0 unspecified atom stereocenters. The molecule has 0 saturated heterocycles. The lowest BCUT2D eigenvalue weighted by molar-refractivity contribution is 0.0950. The molecule has 0 aliphatic rings. The van der Waals surface area contributed by atoms with Crippen molar-refractivity contribution in [3.05, 3.63) is 46.0 Å². The number of thiophene rings is 1. The summed E-state index contributed by atoms with van der Waals surface area (Å²) in [5.41, 5.74) is 0.0159. The molecule has 0 atom stereocenters. The van der Waals surface area contributed by atoms with Gasteiger partial charge in [0.05, 0.1) is 5.56 Å². The van der Waals surface area contributed by atoms with Gasteiger partial charge in [-0.15, -0.1) is 11.3 Å². The average molecular weight is 293 g/mol. The fourth-order valence-electron chi connectivity index (χ4n) is 1.76. The molecular formula is C14H16FN3OS. The topological polar surface area (TPSA) is 54.0 Å². The van der Waals surface area contributed by atoms with Crippen LogP contribution >= 0.6 is 11.3 Å². The van der Waals surface area contributed by atoms with Crippen molar-refractivity contribution in [3.8, 4) is 0 Å². The van der Waals surface area contributed by atoms with Crippen LogP contribution in [0.5, 0.6) is 0 Å². The third-order valence-electron chi connectivity index (χ3n) is 2.72. The Morgan fingerprint density at radius 1 is 1.45 bits per heavy atom. The number of amides is 1. The second-order valence-corrected chi connectivity index (χ2v) is 5.17. The number of nitrogens with one attached hydrogen (secondary N) is 2. The van der Waals surface area contributed by atoms with E-state index in [9.17, 15) is 9.18 Å². The average Bonchev–Trinajstić information content (AvgIpc) is 2.94. The van der Waals surface area contributed by atoms with E-state index in [1.165, 1.54) is 17.1 Å². The Labute approximate surface area is 121 Å². The highest BCUT2D eigenvalue weighted by molar-refractivity contribution is 7.09. The van der Waals surface area contributed by atoms with Crippen molar-refractivity contribution in [2.75, 3.05) is 18.4 Å². The highest BCUT2D eigenvalue weighted by Crippen LogP contribution is 2.15. The van der Waals surface area contributed by atoms with Gasteiger partial charge in [-0.1, -0.05) is 6.07 Å². The molecule has 0 spiro atoms. The zero-order valence-corrected chi connectivity index (χ0v) is 12.0. The molecule has 0 fully saturated rings. The molecule has 0 aromatic carbocycles. The van der Waals surface area contributed by atoms with Gasteiger partial charge in [0.1, 0.15) is 0 Å². The number of aromatic nitrogens is 1. The Kier molecular flexibility index (Phi) is 5.06. The van der Waals surface area contributed by atoms with Crippen LogP contribution in [-0.2, 0) is 6.42 Å². The van der Waals surface area contributed by atoms with Crippen LogP contribution < -0.4 is 10.6 Å². The maximum atomic E-state index is 14.0. The Bertz CT molecular complexity index is 572. The van der Waals surface area contributed by atoms with Crippen LogP contribution in [0.1, 0.15) is 22.2 Å². The molecule has 2 heterocycles. The van der Waals surface area contributed by atoms with Crippen molar-refractivity contribution in [3.63, 3.8) is 0 Å². The lowest BCUT2D eigenvalue weighted by Gasteiger charge is -2.08. The summed E-state index contributed by atoms with van der Waals surface area (Å²) >= 11 is 1.64. The number of hydrogen-bond acceptors (Lipinski definition) is 4. The summed E-state index contributed by atoms with van der Waals surface area (Å²) in [7, 11) is 0. The van der Waals surface area contributed by atoms with E-state index in [2.05, 4.69) is 15.6 Å². The van der Waals surface area contributed by atoms with Crippen LogP contribution in [0, 0.1) is 5.82 Å². The first kappa shape index (κ1) is 14.5. The lowest BCUT2D eigenvalue weighted by Crippen LogP contribution is -2.26. The highest BCUT2D eigenvalue weighted by atomic mass is 32.1. The van der Waals surface area contributed by atoms with Crippen molar-refractivity contribution in [2.45, 2.75) is 13.3 Å². The molecule has 20 heavy (non-hydrogen) atoms. The first-order valence-corrected chi connectivity index (χ1v) is 7.29. The second kappa shape index (κ2) is 7.00. The van der Waals surface area contributed by atoms with Crippen molar-refractivity contribution < 1.29 is 9.18 Å². The maximum absolute atomic E-state index is 14.0. The largest absolute Gasteiger partial charge is 0.368 e. The van der Waals surface area contributed by atoms with Crippen molar-refractivity contribution >= 4 is 23.1 Å². The van der Waals surface area contributed by atoms with Gasteiger partial charge in [-0.3, -0.25) is 4.79 Å². The minimum absolute atomic E-state index is 0.0159. The fraction of sp³-hybridized carbons (Fsp3) is 0.286. The van der Waals surface area contributed by atoms with Crippen LogP contribution in [0.15, 0.2) is 29.8 Å². The predicted molar refractivity (Wildman–Crippen MR) is 78.7 cm³/mol. The Hall–Kier alpha value is -1.95. The molecule has 0 aliphatic heterocycles. The highest BCUT2D eigenvalue weighted by Gasteiger charge is 2.15. The summed E-state index contributed by atoms with van der Waals surface area (Å²) in [6.45, 7) is 2.87.